The molecular formula is C9H10BrClO3S. The minimum Gasteiger partial charge on any atom is -0.494 e. The number of hydrogen-bond donors (Lipinski definition) is 0. The van der Waals surface area contributed by atoms with Crippen LogP contribution in [0.5, 0.6) is 5.75 Å². The fraction of sp³-hybridized carbons (Fsp3) is 0.333. The van der Waals surface area contributed by atoms with Crippen molar-refractivity contribution in [2.75, 3.05) is 12.4 Å². The van der Waals surface area contributed by atoms with Gasteiger partial charge in [-0.05, 0) is 30.7 Å². The Labute approximate surface area is 102 Å². The van der Waals surface area contributed by atoms with Gasteiger partial charge in [0.15, 0.2) is 0 Å². The summed E-state index contributed by atoms with van der Waals surface area (Å²) in [6.07, 6.45) is 0.391. The van der Waals surface area contributed by atoms with E-state index in [1.165, 1.54) is 0 Å². The lowest BCUT2D eigenvalue weighted by molar-refractivity contribution is 0.318. The number of hydrogen-bond acceptors (Lipinski definition) is 3. The second-order valence-electron chi connectivity index (χ2n) is 2.90. The van der Waals surface area contributed by atoms with Gasteiger partial charge in [0.05, 0.1) is 12.4 Å². The van der Waals surface area contributed by atoms with E-state index in [0.717, 1.165) is 4.47 Å². The van der Waals surface area contributed by atoms with Gasteiger partial charge in [-0.2, -0.15) is 0 Å². The fourth-order valence-corrected chi connectivity index (χ4v) is 2.01. The zero-order chi connectivity index (χ0) is 11.3. The second kappa shape index (κ2) is 5.72. The minimum absolute atomic E-state index is 0.0644. The first-order valence-corrected chi connectivity index (χ1v) is 7.55. The van der Waals surface area contributed by atoms with E-state index in [0.29, 0.717) is 18.8 Å². The van der Waals surface area contributed by atoms with Gasteiger partial charge in [0, 0.05) is 15.2 Å². The molecule has 0 atom stereocenters. The van der Waals surface area contributed by atoms with Gasteiger partial charge in [0.2, 0.25) is 9.05 Å². The van der Waals surface area contributed by atoms with E-state index in [1.54, 1.807) is 12.1 Å². The van der Waals surface area contributed by atoms with Crippen LogP contribution in [0, 0.1) is 0 Å². The third-order valence-corrected chi connectivity index (χ3v) is 3.38. The molecule has 0 saturated carbocycles. The van der Waals surface area contributed by atoms with Gasteiger partial charge in [-0.15, -0.1) is 0 Å². The summed E-state index contributed by atoms with van der Waals surface area (Å²) < 4.78 is 27.5. The maximum absolute atomic E-state index is 10.6. The largest absolute Gasteiger partial charge is 0.494 e. The Morgan fingerprint density at radius 3 is 2.40 bits per heavy atom. The molecule has 1 aromatic rings. The quantitative estimate of drug-likeness (QED) is 0.620. The van der Waals surface area contributed by atoms with Crippen molar-refractivity contribution in [3.05, 3.63) is 28.7 Å². The first kappa shape index (κ1) is 12.8. The summed E-state index contributed by atoms with van der Waals surface area (Å²) in [5.41, 5.74) is 0. The van der Waals surface area contributed by atoms with Crippen molar-refractivity contribution in [3.8, 4) is 5.75 Å². The van der Waals surface area contributed by atoms with Gasteiger partial charge in [-0.3, -0.25) is 0 Å². The molecule has 0 aliphatic heterocycles. The van der Waals surface area contributed by atoms with Gasteiger partial charge < -0.3 is 4.74 Å². The smallest absolute Gasteiger partial charge is 0.232 e. The van der Waals surface area contributed by atoms with Crippen LogP contribution in [-0.4, -0.2) is 20.8 Å². The van der Waals surface area contributed by atoms with Crippen molar-refractivity contribution >= 4 is 35.7 Å². The highest BCUT2D eigenvalue weighted by molar-refractivity contribution is 9.10. The summed E-state index contributed by atoms with van der Waals surface area (Å²) >= 11 is 3.30. The summed E-state index contributed by atoms with van der Waals surface area (Å²) in [5.74, 6) is 0.649. The molecule has 0 radical (unpaired) electrons. The minimum atomic E-state index is -3.40. The molecule has 15 heavy (non-hydrogen) atoms. The average molecular weight is 314 g/mol. The van der Waals surface area contributed by atoms with Crippen LogP contribution >= 0.6 is 26.6 Å². The summed E-state index contributed by atoms with van der Waals surface area (Å²) in [7, 11) is 1.65. The van der Waals surface area contributed by atoms with E-state index >= 15 is 0 Å². The Morgan fingerprint density at radius 1 is 1.27 bits per heavy atom. The molecule has 3 nitrogen and oxygen atoms in total. The highest BCUT2D eigenvalue weighted by Crippen LogP contribution is 2.16. The van der Waals surface area contributed by atoms with Gasteiger partial charge in [0.1, 0.15) is 5.75 Å². The highest BCUT2D eigenvalue weighted by Gasteiger charge is 2.04. The molecule has 1 aromatic carbocycles. The van der Waals surface area contributed by atoms with Crippen LogP contribution in [0.4, 0.5) is 0 Å². The third kappa shape index (κ3) is 6.02. The van der Waals surface area contributed by atoms with E-state index < -0.39 is 9.05 Å². The van der Waals surface area contributed by atoms with Crippen LogP contribution < -0.4 is 4.74 Å². The normalized spacial score (nSPS) is 11.3. The Bertz CT molecular complexity index is 402. The Kier molecular flexibility index (Phi) is 4.89. The topological polar surface area (TPSA) is 43.4 Å². The monoisotopic (exact) mass is 312 g/mol. The van der Waals surface area contributed by atoms with Gasteiger partial charge in [0.25, 0.3) is 0 Å². The average Bonchev–Trinajstić information content (AvgIpc) is 2.14. The number of ether oxygens (including phenoxy) is 1. The van der Waals surface area contributed by atoms with E-state index in [2.05, 4.69) is 15.9 Å². The molecule has 0 heterocycles. The van der Waals surface area contributed by atoms with Crippen LogP contribution in [0.15, 0.2) is 28.7 Å². The van der Waals surface area contributed by atoms with Crippen molar-refractivity contribution in [3.63, 3.8) is 0 Å². The van der Waals surface area contributed by atoms with Crippen molar-refractivity contribution in [1.29, 1.82) is 0 Å². The fourth-order valence-electron chi connectivity index (χ4n) is 0.952. The zero-order valence-corrected chi connectivity index (χ0v) is 11.0. The first-order chi connectivity index (χ1) is 6.97. The van der Waals surface area contributed by atoms with E-state index in [1.807, 2.05) is 12.1 Å². The third-order valence-electron chi connectivity index (χ3n) is 1.61. The van der Waals surface area contributed by atoms with E-state index in [-0.39, 0.29) is 5.75 Å². The van der Waals surface area contributed by atoms with Crippen LogP contribution in [0.25, 0.3) is 0 Å². The first-order valence-electron chi connectivity index (χ1n) is 4.28. The zero-order valence-electron chi connectivity index (χ0n) is 7.82. The maximum atomic E-state index is 10.6. The lowest BCUT2D eigenvalue weighted by Crippen LogP contribution is -2.04. The van der Waals surface area contributed by atoms with Crippen LogP contribution in [0.1, 0.15) is 6.42 Å². The van der Waals surface area contributed by atoms with E-state index in [9.17, 15) is 8.42 Å². The molecule has 0 aromatic heterocycles. The predicted octanol–water partition coefficient (Wildman–Crippen LogP) is 2.79. The van der Waals surface area contributed by atoms with Crippen molar-refractivity contribution < 1.29 is 13.2 Å². The molecule has 84 valence electrons. The van der Waals surface area contributed by atoms with E-state index in [4.69, 9.17) is 15.4 Å². The van der Waals surface area contributed by atoms with Gasteiger partial charge in [-0.25, -0.2) is 8.42 Å². The Morgan fingerprint density at radius 2 is 1.87 bits per heavy atom. The lowest BCUT2D eigenvalue weighted by atomic mass is 10.3. The summed E-state index contributed by atoms with van der Waals surface area (Å²) in [6.45, 7) is 0.341. The molecule has 0 spiro atoms. The molecule has 0 fully saturated rings. The summed E-state index contributed by atoms with van der Waals surface area (Å²) in [6, 6.07) is 7.32. The molecule has 1 rings (SSSR count). The maximum Gasteiger partial charge on any atom is 0.232 e. The van der Waals surface area contributed by atoms with Crippen molar-refractivity contribution in [2.24, 2.45) is 0 Å². The molecule has 0 unspecified atom stereocenters. The van der Waals surface area contributed by atoms with Crippen LogP contribution in [0.3, 0.4) is 0 Å². The number of benzene rings is 1. The molecule has 6 heteroatoms. The SMILES string of the molecule is O=S(=O)(Cl)CCCOc1ccc(Br)cc1. The van der Waals surface area contributed by atoms with Gasteiger partial charge >= 0.3 is 0 Å². The molecular weight excluding hydrogens is 304 g/mol. The highest BCUT2D eigenvalue weighted by atomic mass is 79.9. The lowest BCUT2D eigenvalue weighted by Gasteiger charge is -2.04. The molecule has 0 aliphatic carbocycles. The molecule has 0 bridgehead atoms. The van der Waals surface area contributed by atoms with Crippen LogP contribution in [0.2, 0.25) is 0 Å². The second-order valence-corrected chi connectivity index (χ2v) is 6.71. The van der Waals surface area contributed by atoms with Crippen molar-refractivity contribution in [1.82, 2.24) is 0 Å². The standard InChI is InChI=1S/C9H10BrClO3S/c10-8-2-4-9(5-3-8)14-6-1-7-15(11,12)13/h2-5H,1,6-7H2. The molecule has 0 N–H and O–H groups in total. The summed E-state index contributed by atoms with van der Waals surface area (Å²) in [4.78, 5) is 0. The predicted molar refractivity (Wildman–Crippen MR) is 63.9 cm³/mol. The van der Waals surface area contributed by atoms with Gasteiger partial charge in [-0.1, -0.05) is 15.9 Å². The van der Waals surface area contributed by atoms with Crippen LogP contribution in [-0.2, 0) is 9.05 Å². The summed E-state index contributed by atoms with van der Waals surface area (Å²) in [5, 5.41) is 0. The molecule has 0 aliphatic rings. The molecule has 0 saturated heterocycles. The van der Waals surface area contributed by atoms with Crippen molar-refractivity contribution in [2.45, 2.75) is 6.42 Å². The Hall–Kier alpha value is -0.260. The number of halogens is 2. The Balaban J connectivity index is 2.29. The molecule has 0 amide bonds. The number of rotatable bonds is 5.